The monoisotopic (exact) mass is 457 g/mol. The summed E-state index contributed by atoms with van der Waals surface area (Å²) in [4.78, 5) is 48.8. The van der Waals surface area contributed by atoms with E-state index in [4.69, 9.17) is 9.47 Å². The van der Waals surface area contributed by atoms with Crippen molar-refractivity contribution in [1.82, 2.24) is 10.2 Å². The lowest BCUT2D eigenvalue weighted by Gasteiger charge is -2.43. The van der Waals surface area contributed by atoms with E-state index in [1.54, 1.807) is 24.3 Å². The summed E-state index contributed by atoms with van der Waals surface area (Å²) in [6.07, 6.45) is 0. The molecule has 11 heteroatoms. The maximum absolute atomic E-state index is 12.5. The molecule has 2 aliphatic rings. The molecule has 0 radical (unpaired) electrons. The molecule has 2 saturated heterocycles. The number of β-lactam (4-membered cyclic amide) rings is 1. The fraction of sp³-hybridized carbons (Fsp3) is 0.286. The molecule has 0 saturated carbocycles. The Bertz CT molecular complexity index is 1030. The number of fused-ring (bicyclic) bond motifs is 1. The number of benzene rings is 2. The van der Waals surface area contributed by atoms with E-state index in [9.17, 15) is 24.5 Å². The zero-order chi connectivity index (χ0) is 22.7. The Morgan fingerprint density at radius 3 is 2.56 bits per heavy atom. The fourth-order valence-electron chi connectivity index (χ4n) is 3.42. The number of esters is 1. The van der Waals surface area contributed by atoms with Crippen LogP contribution in [0, 0.1) is 10.1 Å². The zero-order valence-electron chi connectivity index (χ0n) is 16.7. The predicted octanol–water partition coefficient (Wildman–Crippen LogP) is 1.49. The molecule has 2 aromatic rings. The Labute approximate surface area is 187 Å². The van der Waals surface area contributed by atoms with Crippen LogP contribution in [0.1, 0.15) is 5.56 Å². The smallest absolute Gasteiger partial charge is 0.330 e. The highest BCUT2D eigenvalue weighted by Gasteiger charge is 2.57. The van der Waals surface area contributed by atoms with Crippen molar-refractivity contribution in [3.05, 3.63) is 70.3 Å². The van der Waals surface area contributed by atoms with E-state index in [-0.39, 0.29) is 30.2 Å². The maximum atomic E-state index is 12.5. The minimum Gasteiger partial charge on any atom is -0.484 e. The lowest BCUT2D eigenvalue weighted by Crippen LogP contribution is -2.70. The molecule has 3 atom stereocenters. The lowest BCUT2D eigenvalue weighted by atomic mass is 10.0. The van der Waals surface area contributed by atoms with Gasteiger partial charge in [0.2, 0.25) is 5.91 Å². The van der Waals surface area contributed by atoms with Crippen LogP contribution in [-0.4, -0.2) is 57.4 Å². The number of nitro groups is 1. The molecule has 1 unspecified atom stereocenters. The quantitative estimate of drug-likeness (QED) is 0.273. The average molecular weight is 457 g/mol. The number of nitrogens with zero attached hydrogens (tertiary/aromatic N) is 2. The first-order valence-corrected chi connectivity index (χ1v) is 10.8. The van der Waals surface area contributed by atoms with Crippen molar-refractivity contribution in [1.29, 1.82) is 0 Å². The number of hydrogen-bond acceptors (Lipinski definition) is 8. The first kappa shape index (κ1) is 21.6. The SMILES string of the molecule is O=C(COc1ccccc1)N[C@@H]1C(=O)N2C(C(=O)OCc3ccc([N+](=O)[O-])cc3)CS[C@@H]12. The highest BCUT2D eigenvalue weighted by atomic mass is 32.2. The summed E-state index contributed by atoms with van der Waals surface area (Å²) in [6.45, 7) is -0.270. The fourth-order valence-corrected chi connectivity index (χ4v) is 4.89. The minimum absolute atomic E-state index is 0.0523. The van der Waals surface area contributed by atoms with Gasteiger partial charge in [0, 0.05) is 17.9 Å². The van der Waals surface area contributed by atoms with Crippen molar-refractivity contribution in [2.45, 2.75) is 24.1 Å². The van der Waals surface area contributed by atoms with E-state index >= 15 is 0 Å². The minimum atomic E-state index is -0.732. The highest BCUT2D eigenvalue weighted by Crippen LogP contribution is 2.40. The summed E-state index contributed by atoms with van der Waals surface area (Å²) in [5.74, 6) is -0.399. The van der Waals surface area contributed by atoms with E-state index in [2.05, 4.69) is 5.32 Å². The van der Waals surface area contributed by atoms with Crippen molar-refractivity contribution in [3.8, 4) is 5.75 Å². The number of non-ortho nitro benzene ring substituents is 1. The molecule has 0 bridgehead atoms. The highest BCUT2D eigenvalue weighted by molar-refractivity contribution is 8.00. The summed E-state index contributed by atoms with van der Waals surface area (Å²) < 4.78 is 10.7. The van der Waals surface area contributed by atoms with Gasteiger partial charge >= 0.3 is 5.97 Å². The number of thioether (sulfide) groups is 1. The Kier molecular flexibility index (Phi) is 6.26. The van der Waals surface area contributed by atoms with Gasteiger partial charge in [-0.1, -0.05) is 18.2 Å². The molecular formula is C21H19N3O7S. The molecule has 2 amide bonds. The maximum Gasteiger partial charge on any atom is 0.330 e. The summed E-state index contributed by atoms with van der Waals surface area (Å²) in [7, 11) is 0. The number of amides is 2. The molecule has 1 N–H and O–H groups in total. The number of carbonyl (C=O) groups is 3. The van der Waals surface area contributed by atoms with Crippen LogP contribution in [0.5, 0.6) is 5.75 Å². The topological polar surface area (TPSA) is 128 Å². The normalized spacial score (nSPS) is 21.3. The van der Waals surface area contributed by atoms with Gasteiger partial charge in [-0.05, 0) is 29.8 Å². The van der Waals surface area contributed by atoms with E-state index < -0.39 is 28.9 Å². The molecular weight excluding hydrogens is 438 g/mol. The number of nitrogens with one attached hydrogen (secondary N) is 1. The van der Waals surface area contributed by atoms with Crippen LogP contribution in [0.25, 0.3) is 0 Å². The summed E-state index contributed by atoms with van der Waals surface area (Å²) in [6, 6.07) is 13.1. The standard InChI is InChI=1S/C21H19N3O7S/c25-17(11-30-15-4-2-1-3-5-15)22-18-19(26)23-16(12-32-20(18)23)21(27)31-10-13-6-8-14(9-7-13)24(28)29/h1-9,16,18,20H,10-12H2,(H,22,25)/t16?,18-,20+/m1/s1. The second-order valence-corrected chi connectivity index (χ2v) is 8.31. The van der Waals surface area contributed by atoms with Crippen LogP contribution in [0.4, 0.5) is 5.69 Å². The molecule has 2 heterocycles. The second kappa shape index (κ2) is 9.27. The third-order valence-electron chi connectivity index (χ3n) is 5.07. The van der Waals surface area contributed by atoms with Crippen LogP contribution >= 0.6 is 11.8 Å². The van der Waals surface area contributed by atoms with Gasteiger partial charge in [-0.3, -0.25) is 19.7 Å². The molecule has 0 aromatic heterocycles. The number of nitro benzene ring substituents is 1. The van der Waals surface area contributed by atoms with Crippen LogP contribution in [0.2, 0.25) is 0 Å². The van der Waals surface area contributed by atoms with Crippen molar-refractivity contribution in [3.63, 3.8) is 0 Å². The van der Waals surface area contributed by atoms with E-state index in [0.717, 1.165) is 0 Å². The van der Waals surface area contributed by atoms with Crippen LogP contribution in [0.3, 0.4) is 0 Å². The Morgan fingerprint density at radius 2 is 1.88 bits per heavy atom. The molecule has 4 rings (SSSR count). The van der Waals surface area contributed by atoms with Crippen LogP contribution in [0.15, 0.2) is 54.6 Å². The van der Waals surface area contributed by atoms with Crippen LogP contribution in [-0.2, 0) is 25.7 Å². The van der Waals surface area contributed by atoms with Crippen molar-refractivity contribution < 1.29 is 28.8 Å². The number of para-hydroxylation sites is 1. The van der Waals surface area contributed by atoms with E-state index in [1.165, 1.54) is 40.9 Å². The van der Waals surface area contributed by atoms with Gasteiger partial charge in [-0.25, -0.2) is 4.79 Å². The zero-order valence-corrected chi connectivity index (χ0v) is 17.5. The van der Waals surface area contributed by atoms with Gasteiger partial charge in [-0.15, -0.1) is 11.8 Å². The largest absolute Gasteiger partial charge is 0.484 e. The molecule has 2 aliphatic heterocycles. The molecule has 2 fully saturated rings. The molecule has 0 aliphatic carbocycles. The Morgan fingerprint density at radius 1 is 1.16 bits per heavy atom. The van der Waals surface area contributed by atoms with Crippen LogP contribution < -0.4 is 10.1 Å². The van der Waals surface area contributed by atoms with E-state index in [1.807, 2.05) is 6.07 Å². The molecule has 0 spiro atoms. The second-order valence-electron chi connectivity index (χ2n) is 7.16. The summed E-state index contributed by atoms with van der Waals surface area (Å²) >= 11 is 1.40. The van der Waals surface area contributed by atoms with Crippen molar-refractivity contribution >= 4 is 35.2 Å². The number of rotatable bonds is 8. The van der Waals surface area contributed by atoms with Gasteiger partial charge in [0.1, 0.15) is 29.8 Å². The van der Waals surface area contributed by atoms with Gasteiger partial charge in [0.15, 0.2) is 6.61 Å². The molecule has 10 nitrogen and oxygen atoms in total. The van der Waals surface area contributed by atoms with Crippen molar-refractivity contribution in [2.24, 2.45) is 0 Å². The van der Waals surface area contributed by atoms with Gasteiger partial charge in [0.25, 0.3) is 11.6 Å². The molecule has 32 heavy (non-hydrogen) atoms. The number of carbonyl (C=O) groups excluding carboxylic acids is 3. The predicted molar refractivity (Wildman–Crippen MR) is 114 cm³/mol. The number of ether oxygens (including phenoxy) is 2. The summed E-state index contributed by atoms with van der Waals surface area (Å²) in [5.41, 5.74) is 0.549. The third kappa shape index (κ3) is 4.52. The Hall–Kier alpha value is -3.60. The van der Waals surface area contributed by atoms with Crippen molar-refractivity contribution in [2.75, 3.05) is 12.4 Å². The van der Waals surface area contributed by atoms with Gasteiger partial charge in [-0.2, -0.15) is 0 Å². The molecule has 166 valence electrons. The number of hydrogen-bond donors (Lipinski definition) is 1. The first-order valence-electron chi connectivity index (χ1n) is 9.75. The van der Waals surface area contributed by atoms with Gasteiger partial charge in [0.05, 0.1) is 4.92 Å². The third-order valence-corrected chi connectivity index (χ3v) is 6.42. The molecule has 2 aromatic carbocycles. The van der Waals surface area contributed by atoms with E-state index in [0.29, 0.717) is 17.1 Å². The van der Waals surface area contributed by atoms with Gasteiger partial charge < -0.3 is 19.7 Å². The Balaban J connectivity index is 1.25. The lowest BCUT2D eigenvalue weighted by molar-refractivity contribution is -0.384. The summed E-state index contributed by atoms with van der Waals surface area (Å²) in [5, 5.41) is 13.0. The first-order chi connectivity index (χ1) is 15.4. The average Bonchev–Trinajstić information content (AvgIpc) is 3.21.